The third kappa shape index (κ3) is 2.07. The zero-order chi connectivity index (χ0) is 11.7. The van der Waals surface area contributed by atoms with Gasteiger partial charge >= 0.3 is 0 Å². The van der Waals surface area contributed by atoms with E-state index in [9.17, 15) is 0 Å². The van der Waals surface area contributed by atoms with Crippen molar-refractivity contribution >= 4 is 5.69 Å². The molecule has 2 atom stereocenters. The maximum absolute atomic E-state index is 5.93. The van der Waals surface area contributed by atoms with Crippen LogP contribution in [-0.2, 0) is 6.42 Å². The van der Waals surface area contributed by atoms with E-state index in [4.69, 9.17) is 5.73 Å². The molecule has 1 aliphatic rings. The molecule has 2 nitrogen and oxygen atoms in total. The summed E-state index contributed by atoms with van der Waals surface area (Å²) in [6.45, 7) is 5.42. The van der Waals surface area contributed by atoms with Crippen LogP contribution >= 0.6 is 0 Å². The Morgan fingerprint density at radius 2 is 2.25 bits per heavy atom. The molecule has 2 N–H and O–H groups in total. The van der Waals surface area contributed by atoms with Crippen LogP contribution in [0.25, 0.3) is 0 Å². The first-order valence-electron chi connectivity index (χ1n) is 6.21. The predicted molar refractivity (Wildman–Crippen MR) is 70.1 cm³/mol. The zero-order valence-corrected chi connectivity index (χ0v) is 10.5. The lowest BCUT2D eigenvalue weighted by molar-refractivity contribution is 0.572. The number of nitrogens with zero attached hydrogens (tertiary/aromatic N) is 1. The number of likely N-dealkylation sites (N-methyl/N-ethyl adjacent to an activating group) is 1. The van der Waals surface area contributed by atoms with Gasteiger partial charge in [-0.15, -0.1) is 0 Å². The molecule has 1 aromatic rings. The summed E-state index contributed by atoms with van der Waals surface area (Å²) in [5.74, 6) is 0.617. The summed E-state index contributed by atoms with van der Waals surface area (Å²) in [6.07, 6.45) is 2.20. The Morgan fingerprint density at radius 3 is 2.88 bits per heavy atom. The minimum Gasteiger partial charge on any atom is -0.374 e. The van der Waals surface area contributed by atoms with E-state index in [1.165, 1.54) is 16.8 Å². The lowest BCUT2D eigenvalue weighted by atomic mass is 9.93. The molecule has 2 unspecified atom stereocenters. The highest BCUT2D eigenvalue weighted by molar-refractivity contribution is 5.60. The fourth-order valence-corrected chi connectivity index (χ4v) is 2.68. The number of hydrogen-bond donors (Lipinski definition) is 1. The van der Waals surface area contributed by atoms with E-state index in [1.54, 1.807) is 0 Å². The van der Waals surface area contributed by atoms with Gasteiger partial charge in [-0.05, 0) is 37.0 Å². The Hall–Kier alpha value is -1.02. The molecule has 2 heteroatoms. The van der Waals surface area contributed by atoms with Crippen LogP contribution in [0.4, 0.5) is 5.69 Å². The van der Waals surface area contributed by atoms with Crippen LogP contribution in [0, 0.1) is 0 Å². The number of aryl methyl sites for hydroxylation is 1. The normalized spacial score (nSPS) is 21.0. The predicted octanol–water partition coefficient (Wildman–Crippen LogP) is 2.52. The van der Waals surface area contributed by atoms with Crippen LogP contribution in [-0.4, -0.2) is 19.6 Å². The third-order valence-corrected chi connectivity index (χ3v) is 3.50. The quantitative estimate of drug-likeness (QED) is 0.844. The van der Waals surface area contributed by atoms with E-state index in [1.807, 2.05) is 0 Å². The molecule has 0 saturated heterocycles. The van der Waals surface area contributed by atoms with Crippen LogP contribution in [0.3, 0.4) is 0 Å². The van der Waals surface area contributed by atoms with Crippen LogP contribution in [0.2, 0.25) is 0 Å². The zero-order valence-electron chi connectivity index (χ0n) is 10.5. The Bertz CT molecular complexity index is 369. The largest absolute Gasteiger partial charge is 0.374 e. The molecule has 0 spiro atoms. The SMILES string of the molecule is CCc1ccc2c(c1)C(CC(C)N)CN2C. The van der Waals surface area contributed by atoms with Gasteiger partial charge < -0.3 is 10.6 Å². The molecular weight excluding hydrogens is 196 g/mol. The van der Waals surface area contributed by atoms with Crippen molar-refractivity contribution in [2.24, 2.45) is 5.73 Å². The first-order valence-corrected chi connectivity index (χ1v) is 6.21. The van der Waals surface area contributed by atoms with Gasteiger partial charge in [-0.25, -0.2) is 0 Å². The molecule has 88 valence electrons. The van der Waals surface area contributed by atoms with Crippen LogP contribution < -0.4 is 10.6 Å². The summed E-state index contributed by atoms with van der Waals surface area (Å²) in [6, 6.07) is 7.15. The summed E-state index contributed by atoms with van der Waals surface area (Å²) >= 11 is 0. The maximum Gasteiger partial charge on any atom is 0.0400 e. The van der Waals surface area contributed by atoms with E-state index in [0.717, 1.165) is 19.4 Å². The molecule has 1 aliphatic heterocycles. The molecule has 0 radical (unpaired) electrons. The third-order valence-electron chi connectivity index (χ3n) is 3.50. The second kappa shape index (κ2) is 4.46. The minimum absolute atomic E-state index is 0.287. The van der Waals surface area contributed by atoms with Crippen molar-refractivity contribution in [1.29, 1.82) is 0 Å². The monoisotopic (exact) mass is 218 g/mol. The smallest absolute Gasteiger partial charge is 0.0400 e. The molecule has 0 amide bonds. The van der Waals surface area contributed by atoms with Crippen molar-refractivity contribution in [2.45, 2.75) is 38.6 Å². The Labute approximate surface area is 98.4 Å². The standard InChI is InChI=1S/C14H22N2/c1-4-11-5-6-14-13(8-11)12(7-10(2)15)9-16(14)3/h5-6,8,10,12H,4,7,9,15H2,1-3H3. The molecule has 1 aromatic carbocycles. The topological polar surface area (TPSA) is 29.3 Å². The number of benzene rings is 1. The van der Waals surface area contributed by atoms with Crippen molar-refractivity contribution in [2.75, 3.05) is 18.5 Å². The van der Waals surface area contributed by atoms with Crippen LogP contribution in [0.15, 0.2) is 18.2 Å². The Kier molecular flexibility index (Phi) is 3.20. The van der Waals surface area contributed by atoms with Gasteiger partial charge in [-0.1, -0.05) is 19.1 Å². The second-order valence-electron chi connectivity index (χ2n) is 5.04. The number of anilines is 1. The molecule has 0 saturated carbocycles. The Morgan fingerprint density at radius 1 is 1.50 bits per heavy atom. The highest BCUT2D eigenvalue weighted by Crippen LogP contribution is 2.38. The van der Waals surface area contributed by atoms with E-state index < -0.39 is 0 Å². The summed E-state index contributed by atoms with van der Waals surface area (Å²) in [4.78, 5) is 2.35. The van der Waals surface area contributed by atoms with Crippen molar-refractivity contribution < 1.29 is 0 Å². The first-order chi connectivity index (χ1) is 7.61. The highest BCUT2D eigenvalue weighted by atomic mass is 15.1. The molecule has 0 aromatic heterocycles. The number of rotatable bonds is 3. The van der Waals surface area contributed by atoms with E-state index in [-0.39, 0.29) is 6.04 Å². The summed E-state index contributed by atoms with van der Waals surface area (Å²) in [5, 5.41) is 0. The van der Waals surface area contributed by atoms with Gasteiger partial charge in [0, 0.05) is 31.2 Å². The van der Waals surface area contributed by atoms with E-state index in [2.05, 4.69) is 44.0 Å². The maximum atomic E-state index is 5.93. The average Bonchev–Trinajstić information content (AvgIpc) is 2.54. The van der Waals surface area contributed by atoms with Crippen LogP contribution in [0.1, 0.15) is 37.3 Å². The fourth-order valence-electron chi connectivity index (χ4n) is 2.68. The molecule has 1 heterocycles. The second-order valence-corrected chi connectivity index (χ2v) is 5.04. The van der Waals surface area contributed by atoms with Crippen LogP contribution in [0.5, 0.6) is 0 Å². The van der Waals surface area contributed by atoms with Crippen molar-refractivity contribution in [3.63, 3.8) is 0 Å². The van der Waals surface area contributed by atoms with Gasteiger partial charge in [0.1, 0.15) is 0 Å². The first kappa shape index (κ1) is 11.5. The number of nitrogens with two attached hydrogens (primary N) is 1. The summed E-state index contributed by atoms with van der Waals surface area (Å²) in [5.41, 5.74) is 10.3. The summed E-state index contributed by atoms with van der Waals surface area (Å²) < 4.78 is 0. The van der Waals surface area contributed by atoms with Gasteiger partial charge in [-0.3, -0.25) is 0 Å². The molecule has 0 aliphatic carbocycles. The number of fused-ring (bicyclic) bond motifs is 1. The molecule has 16 heavy (non-hydrogen) atoms. The van der Waals surface area contributed by atoms with Crippen molar-refractivity contribution in [3.8, 4) is 0 Å². The molecular formula is C14H22N2. The van der Waals surface area contributed by atoms with Gasteiger partial charge in [0.2, 0.25) is 0 Å². The molecule has 0 fully saturated rings. The van der Waals surface area contributed by atoms with Gasteiger partial charge in [-0.2, -0.15) is 0 Å². The average molecular weight is 218 g/mol. The minimum atomic E-state index is 0.287. The van der Waals surface area contributed by atoms with Crippen molar-refractivity contribution in [1.82, 2.24) is 0 Å². The van der Waals surface area contributed by atoms with E-state index >= 15 is 0 Å². The van der Waals surface area contributed by atoms with Gasteiger partial charge in [0.25, 0.3) is 0 Å². The molecule has 0 bridgehead atoms. The van der Waals surface area contributed by atoms with E-state index in [0.29, 0.717) is 5.92 Å². The lowest BCUT2D eigenvalue weighted by Crippen LogP contribution is -2.22. The highest BCUT2D eigenvalue weighted by Gasteiger charge is 2.26. The van der Waals surface area contributed by atoms with Crippen molar-refractivity contribution in [3.05, 3.63) is 29.3 Å². The van der Waals surface area contributed by atoms with Gasteiger partial charge in [0.15, 0.2) is 0 Å². The Balaban J connectivity index is 2.30. The van der Waals surface area contributed by atoms with Gasteiger partial charge in [0.05, 0.1) is 0 Å². The lowest BCUT2D eigenvalue weighted by Gasteiger charge is -2.14. The number of hydrogen-bond acceptors (Lipinski definition) is 2. The fraction of sp³-hybridized carbons (Fsp3) is 0.571. The molecule has 2 rings (SSSR count). The summed E-state index contributed by atoms with van der Waals surface area (Å²) in [7, 11) is 2.17.